The van der Waals surface area contributed by atoms with Crippen LogP contribution in [-0.4, -0.2) is 52.6 Å². The molecule has 1 saturated carbocycles. The molecule has 0 radical (unpaired) electrons. The number of fused-ring (bicyclic) bond motifs is 3. The van der Waals surface area contributed by atoms with Crippen LogP contribution >= 0.6 is 0 Å². The second-order valence-electron chi connectivity index (χ2n) is 10.7. The van der Waals surface area contributed by atoms with Crippen LogP contribution in [0.15, 0.2) is 24.3 Å². The average molecular weight is 412 g/mol. The van der Waals surface area contributed by atoms with Gasteiger partial charge in [0, 0.05) is 36.1 Å². The third-order valence-corrected chi connectivity index (χ3v) is 9.85. The van der Waals surface area contributed by atoms with Gasteiger partial charge in [-0.1, -0.05) is 31.6 Å². The van der Waals surface area contributed by atoms with Gasteiger partial charge in [0.1, 0.15) is 11.7 Å². The molecule has 30 heavy (non-hydrogen) atoms. The van der Waals surface area contributed by atoms with E-state index in [1.165, 1.54) is 11.1 Å². The largest absolute Gasteiger partial charge is 0.504 e. The number of aliphatic hydroxyl groups is 1. The molecule has 7 rings (SSSR count). The van der Waals surface area contributed by atoms with E-state index in [4.69, 9.17) is 9.47 Å². The van der Waals surface area contributed by atoms with Crippen molar-refractivity contribution < 1.29 is 19.7 Å². The van der Waals surface area contributed by atoms with Crippen molar-refractivity contribution in [3.63, 3.8) is 0 Å². The summed E-state index contributed by atoms with van der Waals surface area (Å²) < 4.78 is 13.0. The molecule has 2 fully saturated rings. The second-order valence-corrected chi connectivity index (χ2v) is 10.7. The standard InChI is InChI=1S/C25H33NO4/c1-6-9-22(3,28)18-13-23-10-11-25(18,29-5)21-24(23)12-16(26(4)14(23)2)15-7-8-17(27)20(30-21)19(15)24/h7-8,10-11,14,16,18,21,27-28H,6,9,12-13H2,1-5H3. The molecule has 162 valence electrons. The maximum absolute atomic E-state index is 11.7. The molecule has 1 aromatic rings. The lowest BCUT2D eigenvalue weighted by Crippen LogP contribution is -2.78. The molecule has 2 spiro atoms. The Labute approximate surface area is 178 Å². The van der Waals surface area contributed by atoms with Crippen LogP contribution < -0.4 is 4.74 Å². The van der Waals surface area contributed by atoms with Crippen molar-refractivity contribution in [2.75, 3.05) is 14.2 Å². The molecule has 8 unspecified atom stereocenters. The van der Waals surface area contributed by atoms with E-state index in [2.05, 4.69) is 44.0 Å². The first-order valence-corrected chi connectivity index (χ1v) is 11.4. The Morgan fingerprint density at radius 1 is 1.30 bits per heavy atom. The lowest BCUT2D eigenvalue weighted by atomic mass is 9.39. The highest BCUT2D eigenvalue weighted by molar-refractivity contribution is 5.67. The number of benzene rings is 1. The molecule has 0 amide bonds. The lowest BCUT2D eigenvalue weighted by molar-refractivity contribution is -0.245. The molecule has 4 aliphatic carbocycles. The summed E-state index contributed by atoms with van der Waals surface area (Å²) in [6.45, 7) is 6.42. The maximum atomic E-state index is 11.7. The maximum Gasteiger partial charge on any atom is 0.165 e. The minimum atomic E-state index is -0.860. The zero-order valence-corrected chi connectivity index (χ0v) is 18.6. The molecule has 5 heteroatoms. The van der Waals surface area contributed by atoms with Gasteiger partial charge in [0.25, 0.3) is 0 Å². The van der Waals surface area contributed by atoms with Gasteiger partial charge in [-0.25, -0.2) is 0 Å². The molecule has 2 N–H and O–H groups in total. The van der Waals surface area contributed by atoms with Crippen LogP contribution in [0.5, 0.6) is 11.5 Å². The van der Waals surface area contributed by atoms with Gasteiger partial charge in [-0.05, 0) is 51.8 Å². The number of ether oxygens (including phenoxy) is 2. The Morgan fingerprint density at radius 3 is 2.77 bits per heavy atom. The first-order chi connectivity index (χ1) is 14.2. The van der Waals surface area contributed by atoms with E-state index in [9.17, 15) is 10.2 Å². The summed E-state index contributed by atoms with van der Waals surface area (Å²) >= 11 is 0. The fourth-order valence-electron chi connectivity index (χ4n) is 8.51. The topological polar surface area (TPSA) is 62.2 Å². The molecule has 2 aliphatic heterocycles. The van der Waals surface area contributed by atoms with Gasteiger partial charge in [-0.15, -0.1) is 0 Å². The zero-order chi connectivity index (χ0) is 21.3. The van der Waals surface area contributed by atoms with E-state index in [0.717, 1.165) is 25.7 Å². The van der Waals surface area contributed by atoms with Crippen LogP contribution in [0.2, 0.25) is 0 Å². The van der Waals surface area contributed by atoms with E-state index in [1.54, 1.807) is 13.2 Å². The van der Waals surface area contributed by atoms with Crippen LogP contribution in [0.3, 0.4) is 0 Å². The number of phenolic OH excluding ortho intramolecular Hbond substituents is 1. The third-order valence-electron chi connectivity index (χ3n) is 9.85. The zero-order valence-electron chi connectivity index (χ0n) is 18.6. The van der Waals surface area contributed by atoms with E-state index in [0.29, 0.717) is 11.8 Å². The van der Waals surface area contributed by atoms with Crippen molar-refractivity contribution in [3.8, 4) is 11.5 Å². The fourth-order valence-corrected chi connectivity index (χ4v) is 8.51. The quantitative estimate of drug-likeness (QED) is 0.740. The van der Waals surface area contributed by atoms with Crippen molar-refractivity contribution in [2.45, 2.75) is 81.3 Å². The van der Waals surface area contributed by atoms with Crippen molar-refractivity contribution in [2.24, 2.45) is 11.3 Å². The number of likely N-dealkylation sites (tertiary alicyclic amines) is 1. The summed E-state index contributed by atoms with van der Waals surface area (Å²) in [5.74, 6) is 0.786. The van der Waals surface area contributed by atoms with E-state index < -0.39 is 11.2 Å². The molecule has 8 atom stereocenters. The molecule has 5 nitrogen and oxygen atoms in total. The Bertz CT molecular complexity index is 972. The number of methoxy groups -OCH3 is 1. The fraction of sp³-hybridized carbons (Fsp3) is 0.680. The van der Waals surface area contributed by atoms with E-state index >= 15 is 0 Å². The number of hydrogen-bond donors (Lipinski definition) is 2. The number of piperidine rings is 1. The summed E-state index contributed by atoms with van der Waals surface area (Å²) in [6.07, 6.45) is 7.82. The highest BCUT2D eigenvalue weighted by atomic mass is 16.6. The molecule has 2 heterocycles. The molecule has 4 bridgehead atoms. The minimum absolute atomic E-state index is 0.0801. The van der Waals surface area contributed by atoms with Crippen molar-refractivity contribution >= 4 is 0 Å². The lowest BCUT2D eigenvalue weighted by Gasteiger charge is -2.69. The van der Waals surface area contributed by atoms with E-state index in [-0.39, 0.29) is 34.6 Å². The summed E-state index contributed by atoms with van der Waals surface area (Å²) in [6, 6.07) is 4.49. The van der Waals surface area contributed by atoms with Gasteiger partial charge < -0.3 is 19.7 Å². The van der Waals surface area contributed by atoms with Crippen LogP contribution in [0.25, 0.3) is 0 Å². The minimum Gasteiger partial charge on any atom is -0.504 e. The highest BCUT2D eigenvalue weighted by Crippen LogP contribution is 2.78. The van der Waals surface area contributed by atoms with Crippen molar-refractivity contribution in [3.05, 3.63) is 35.4 Å². The van der Waals surface area contributed by atoms with Crippen molar-refractivity contribution in [1.82, 2.24) is 4.90 Å². The number of nitrogens with zero attached hydrogens (tertiary/aromatic N) is 1. The molecular formula is C25H33NO4. The van der Waals surface area contributed by atoms with Crippen molar-refractivity contribution in [1.29, 1.82) is 0 Å². The predicted molar refractivity (Wildman–Crippen MR) is 114 cm³/mol. The van der Waals surface area contributed by atoms with Crippen LogP contribution in [0.4, 0.5) is 0 Å². The number of phenols is 1. The van der Waals surface area contributed by atoms with Gasteiger partial charge in [0.05, 0.1) is 11.0 Å². The number of aromatic hydroxyl groups is 1. The van der Waals surface area contributed by atoms with Crippen LogP contribution in [0, 0.1) is 11.3 Å². The normalized spacial score (nSPS) is 46.6. The molecule has 6 aliphatic rings. The Kier molecular flexibility index (Phi) is 3.47. The van der Waals surface area contributed by atoms with Gasteiger partial charge in [0.15, 0.2) is 11.5 Å². The smallest absolute Gasteiger partial charge is 0.165 e. The van der Waals surface area contributed by atoms with E-state index in [1.807, 2.05) is 6.92 Å². The van der Waals surface area contributed by atoms with Gasteiger partial charge in [0.2, 0.25) is 0 Å². The third kappa shape index (κ3) is 1.70. The monoisotopic (exact) mass is 411 g/mol. The summed E-state index contributed by atoms with van der Waals surface area (Å²) in [7, 11) is 3.99. The summed E-state index contributed by atoms with van der Waals surface area (Å²) in [4.78, 5) is 2.51. The molecule has 1 saturated heterocycles. The number of rotatable bonds is 4. The average Bonchev–Trinajstić information content (AvgIpc) is 3.24. The predicted octanol–water partition coefficient (Wildman–Crippen LogP) is 3.68. The Hall–Kier alpha value is -1.56. The second kappa shape index (κ2) is 5.43. The summed E-state index contributed by atoms with van der Waals surface area (Å²) in [5, 5.41) is 22.4. The molecular weight excluding hydrogens is 378 g/mol. The Morgan fingerprint density at radius 2 is 2.07 bits per heavy atom. The number of hydrogen-bond acceptors (Lipinski definition) is 5. The van der Waals surface area contributed by atoms with Gasteiger partial charge >= 0.3 is 0 Å². The first kappa shape index (κ1) is 19.1. The van der Waals surface area contributed by atoms with Crippen LogP contribution in [-0.2, 0) is 10.2 Å². The highest BCUT2D eigenvalue weighted by Gasteiger charge is 2.81. The molecule has 0 aromatic heterocycles. The SMILES string of the molecule is CCCC(C)(O)C1CC23C=CC1(OC)C1Oc4c(O)ccc5c4C12CC5N(C)C3C. The summed E-state index contributed by atoms with van der Waals surface area (Å²) in [5.41, 5.74) is 0.523. The van der Waals surface area contributed by atoms with Crippen LogP contribution in [0.1, 0.15) is 63.6 Å². The molecule has 1 aromatic carbocycles. The van der Waals surface area contributed by atoms with Gasteiger partial charge in [-0.2, -0.15) is 0 Å². The first-order valence-electron chi connectivity index (χ1n) is 11.4. The Balaban J connectivity index is 1.67. The van der Waals surface area contributed by atoms with Gasteiger partial charge in [-0.3, -0.25) is 4.90 Å².